The molecule has 6 nitrogen and oxygen atoms in total. The summed E-state index contributed by atoms with van der Waals surface area (Å²) >= 11 is 0. The minimum absolute atomic E-state index is 0.0276. The van der Waals surface area contributed by atoms with Gasteiger partial charge in [-0.1, -0.05) is 6.92 Å². The number of hydrogen-bond acceptors (Lipinski definition) is 6. The predicted octanol–water partition coefficient (Wildman–Crippen LogP) is 0.180. The molecule has 0 saturated heterocycles. The van der Waals surface area contributed by atoms with Gasteiger partial charge in [0.2, 0.25) is 0 Å². The van der Waals surface area contributed by atoms with Gasteiger partial charge in [-0.25, -0.2) is 9.97 Å². The molecule has 1 rings (SSSR count). The highest BCUT2D eigenvalue weighted by atomic mass is 16.3. The number of aryl methyl sites for hydroxylation is 1. The molecule has 0 saturated carbocycles. The third-order valence-corrected chi connectivity index (χ3v) is 2.76. The normalized spacial score (nSPS) is 10.5. The van der Waals surface area contributed by atoms with E-state index in [0.29, 0.717) is 13.1 Å². The van der Waals surface area contributed by atoms with Crippen LogP contribution in [-0.4, -0.2) is 53.5 Å². The van der Waals surface area contributed by atoms with Crippen molar-refractivity contribution < 1.29 is 10.2 Å². The van der Waals surface area contributed by atoms with Gasteiger partial charge < -0.3 is 20.4 Å². The van der Waals surface area contributed by atoms with Crippen LogP contribution in [0, 0.1) is 6.92 Å². The highest BCUT2D eigenvalue weighted by molar-refractivity contribution is 5.58. The quantitative estimate of drug-likeness (QED) is 0.644. The average Bonchev–Trinajstić information content (AvgIpc) is 2.39. The van der Waals surface area contributed by atoms with E-state index in [0.717, 1.165) is 29.4 Å². The van der Waals surface area contributed by atoms with Gasteiger partial charge in [-0.2, -0.15) is 0 Å². The van der Waals surface area contributed by atoms with Crippen molar-refractivity contribution in [3.8, 4) is 0 Å². The second-order valence-electron chi connectivity index (χ2n) is 3.97. The van der Waals surface area contributed by atoms with Gasteiger partial charge in [0.1, 0.15) is 17.5 Å². The van der Waals surface area contributed by atoms with E-state index in [4.69, 9.17) is 10.2 Å². The minimum atomic E-state index is 0.0276. The first kappa shape index (κ1) is 14.7. The van der Waals surface area contributed by atoms with E-state index in [2.05, 4.69) is 15.3 Å². The lowest BCUT2D eigenvalue weighted by Crippen LogP contribution is -2.31. The zero-order chi connectivity index (χ0) is 13.5. The Morgan fingerprint density at radius 1 is 1.17 bits per heavy atom. The van der Waals surface area contributed by atoms with Gasteiger partial charge in [0.25, 0.3) is 0 Å². The van der Waals surface area contributed by atoms with Crippen LogP contribution in [0.3, 0.4) is 0 Å². The summed E-state index contributed by atoms with van der Waals surface area (Å²) in [5.74, 6) is 2.31. The number of hydrogen-bond donors (Lipinski definition) is 3. The van der Waals surface area contributed by atoms with Gasteiger partial charge in [-0.3, -0.25) is 0 Å². The van der Waals surface area contributed by atoms with Crippen LogP contribution in [0.25, 0.3) is 0 Å². The molecule has 3 N–H and O–H groups in total. The molecule has 0 atom stereocenters. The molecular formula is C12H22N4O2. The fourth-order valence-electron chi connectivity index (χ4n) is 1.82. The Morgan fingerprint density at radius 3 is 2.22 bits per heavy atom. The Balaban J connectivity index is 3.17. The minimum Gasteiger partial charge on any atom is -0.395 e. The van der Waals surface area contributed by atoms with Gasteiger partial charge in [0, 0.05) is 32.1 Å². The molecule has 0 unspecified atom stereocenters. The van der Waals surface area contributed by atoms with Gasteiger partial charge >= 0.3 is 0 Å². The van der Waals surface area contributed by atoms with E-state index in [9.17, 15) is 0 Å². The molecule has 0 spiro atoms. The van der Waals surface area contributed by atoms with Crippen molar-refractivity contribution in [1.82, 2.24) is 9.97 Å². The number of aromatic nitrogens is 2. The van der Waals surface area contributed by atoms with Crippen molar-refractivity contribution in [3.05, 3.63) is 11.4 Å². The molecule has 0 aliphatic carbocycles. The number of rotatable bonds is 7. The van der Waals surface area contributed by atoms with Crippen LogP contribution in [-0.2, 0) is 6.42 Å². The van der Waals surface area contributed by atoms with Gasteiger partial charge in [0.05, 0.1) is 13.2 Å². The number of nitrogens with zero attached hydrogens (tertiary/aromatic N) is 3. The molecule has 0 aliphatic heterocycles. The summed E-state index contributed by atoms with van der Waals surface area (Å²) in [7, 11) is 1.82. The summed E-state index contributed by atoms with van der Waals surface area (Å²) in [6, 6.07) is 0. The highest BCUT2D eigenvalue weighted by Gasteiger charge is 2.15. The standard InChI is InChI=1S/C12H22N4O2/c1-4-10-14-11(13-3)9(2)12(15-10)16(5-7-17)6-8-18/h17-18H,4-8H2,1-3H3,(H,13,14,15). The Morgan fingerprint density at radius 2 is 1.78 bits per heavy atom. The number of nitrogens with one attached hydrogen (secondary N) is 1. The van der Waals surface area contributed by atoms with Crippen LogP contribution in [0.5, 0.6) is 0 Å². The van der Waals surface area contributed by atoms with Crippen LogP contribution < -0.4 is 10.2 Å². The summed E-state index contributed by atoms with van der Waals surface area (Å²) in [5, 5.41) is 21.2. The van der Waals surface area contributed by atoms with Crippen LogP contribution in [0.1, 0.15) is 18.3 Å². The Hall–Kier alpha value is -1.40. The van der Waals surface area contributed by atoms with Gasteiger partial charge in [-0.15, -0.1) is 0 Å². The van der Waals surface area contributed by atoms with Crippen molar-refractivity contribution in [1.29, 1.82) is 0 Å². The summed E-state index contributed by atoms with van der Waals surface area (Å²) in [5.41, 5.74) is 0.927. The Bertz CT molecular complexity index is 379. The lowest BCUT2D eigenvalue weighted by Gasteiger charge is -2.24. The fraction of sp³-hybridized carbons (Fsp3) is 0.667. The molecule has 102 valence electrons. The van der Waals surface area contributed by atoms with E-state index in [1.165, 1.54) is 0 Å². The van der Waals surface area contributed by atoms with Crippen molar-refractivity contribution in [2.45, 2.75) is 20.3 Å². The summed E-state index contributed by atoms with van der Waals surface area (Å²) in [6.45, 7) is 4.88. The van der Waals surface area contributed by atoms with Crippen LogP contribution in [0.15, 0.2) is 0 Å². The molecule has 0 aromatic carbocycles. The van der Waals surface area contributed by atoms with Crippen LogP contribution in [0.4, 0.5) is 11.6 Å². The van der Waals surface area contributed by atoms with E-state index in [1.54, 1.807) is 0 Å². The molecule has 0 fully saturated rings. The first-order chi connectivity index (χ1) is 8.67. The third kappa shape index (κ3) is 3.30. The Kier molecular flexibility index (Phi) is 5.80. The number of anilines is 2. The monoisotopic (exact) mass is 254 g/mol. The zero-order valence-corrected chi connectivity index (χ0v) is 11.3. The second-order valence-corrected chi connectivity index (χ2v) is 3.97. The van der Waals surface area contributed by atoms with Crippen LogP contribution in [0.2, 0.25) is 0 Å². The number of aliphatic hydroxyl groups excluding tert-OH is 2. The van der Waals surface area contributed by atoms with Crippen molar-refractivity contribution >= 4 is 11.6 Å². The maximum atomic E-state index is 9.09. The van der Waals surface area contributed by atoms with Crippen molar-refractivity contribution in [3.63, 3.8) is 0 Å². The SMILES string of the molecule is CCc1nc(NC)c(C)c(N(CCO)CCO)n1. The molecular weight excluding hydrogens is 232 g/mol. The maximum absolute atomic E-state index is 9.09. The maximum Gasteiger partial charge on any atom is 0.137 e. The molecule has 1 aromatic rings. The zero-order valence-electron chi connectivity index (χ0n) is 11.3. The molecule has 6 heteroatoms. The molecule has 1 heterocycles. The van der Waals surface area contributed by atoms with Gasteiger partial charge in [-0.05, 0) is 6.92 Å². The molecule has 0 aliphatic rings. The van der Waals surface area contributed by atoms with Crippen LogP contribution >= 0.6 is 0 Å². The first-order valence-corrected chi connectivity index (χ1v) is 6.19. The van der Waals surface area contributed by atoms with E-state index >= 15 is 0 Å². The molecule has 0 bridgehead atoms. The van der Waals surface area contributed by atoms with Gasteiger partial charge in [0.15, 0.2) is 0 Å². The topological polar surface area (TPSA) is 81.5 Å². The van der Waals surface area contributed by atoms with E-state index < -0.39 is 0 Å². The van der Waals surface area contributed by atoms with Crippen molar-refractivity contribution in [2.24, 2.45) is 0 Å². The average molecular weight is 254 g/mol. The predicted molar refractivity (Wildman–Crippen MR) is 72.1 cm³/mol. The molecule has 0 amide bonds. The lowest BCUT2D eigenvalue weighted by molar-refractivity contribution is 0.280. The van der Waals surface area contributed by atoms with E-state index in [-0.39, 0.29) is 13.2 Å². The molecule has 1 aromatic heterocycles. The summed E-state index contributed by atoms with van der Waals surface area (Å²) in [4.78, 5) is 10.8. The lowest BCUT2D eigenvalue weighted by atomic mass is 10.2. The number of aliphatic hydroxyl groups is 2. The summed E-state index contributed by atoms with van der Waals surface area (Å²) < 4.78 is 0. The summed E-state index contributed by atoms with van der Waals surface area (Å²) in [6.07, 6.45) is 0.744. The third-order valence-electron chi connectivity index (χ3n) is 2.76. The first-order valence-electron chi connectivity index (χ1n) is 6.19. The van der Waals surface area contributed by atoms with Crippen molar-refractivity contribution in [2.75, 3.05) is 43.6 Å². The molecule has 18 heavy (non-hydrogen) atoms. The highest BCUT2D eigenvalue weighted by Crippen LogP contribution is 2.23. The Labute approximate surface area is 108 Å². The van der Waals surface area contributed by atoms with E-state index in [1.807, 2.05) is 25.8 Å². The smallest absolute Gasteiger partial charge is 0.137 e. The largest absolute Gasteiger partial charge is 0.395 e. The fourth-order valence-corrected chi connectivity index (χ4v) is 1.82. The second kappa shape index (κ2) is 7.13. The molecule has 0 radical (unpaired) electrons.